The Morgan fingerprint density at radius 3 is 2.17 bits per heavy atom. The SMILES string of the molecule is COc1cc([C@H]2C(C#N)=C(N)OC3=C2C(=O)c2ccccc2C3=O)cc(OC)c1O. The third-order valence-corrected chi connectivity index (χ3v) is 5.12. The molecule has 2 aromatic carbocycles. The van der Waals surface area contributed by atoms with Crippen molar-refractivity contribution in [3.8, 4) is 23.3 Å². The lowest BCUT2D eigenvalue weighted by Gasteiger charge is -2.31. The van der Waals surface area contributed by atoms with E-state index < -0.39 is 17.5 Å². The first-order valence-electron chi connectivity index (χ1n) is 8.88. The highest BCUT2D eigenvalue weighted by atomic mass is 16.5. The predicted octanol–water partition coefficient (Wildman–Crippen LogP) is 2.55. The summed E-state index contributed by atoms with van der Waals surface area (Å²) >= 11 is 0. The number of methoxy groups -OCH3 is 2. The Bertz CT molecular complexity index is 1190. The van der Waals surface area contributed by atoms with Crippen molar-refractivity contribution in [2.45, 2.75) is 5.92 Å². The number of aromatic hydroxyl groups is 1. The minimum atomic E-state index is -1.01. The molecule has 30 heavy (non-hydrogen) atoms. The molecule has 0 saturated carbocycles. The van der Waals surface area contributed by atoms with E-state index in [2.05, 4.69) is 0 Å². The third-order valence-electron chi connectivity index (χ3n) is 5.12. The van der Waals surface area contributed by atoms with Gasteiger partial charge in [0.2, 0.25) is 17.4 Å². The van der Waals surface area contributed by atoms with Gasteiger partial charge in [0, 0.05) is 11.1 Å². The molecule has 8 nitrogen and oxygen atoms in total. The minimum absolute atomic E-state index is 0.000698. The van der Waals surface area contributed by atoms with Gasteiger partial charge in [-0.3, -0.25) is 9.59 Å². The number of hydrogen-bond acceptors (Lipinski definition) is 8. The Hall–Kier alpha value is -4.25. The molecule has 0 saturated heterocycles. The van der Waals surface area contributed by atoms with E-state index in [1.54, 1.807) is 18.2 Å². The smallest absolute Gasteiger partial charge is 0.229 e. The summed E-state index contributed by atoms with van der Waals surface area (Å²) in [5, 5.41) is 20.0. The van der Waals surface area contributed by atoms with Crippen molar-refractivity contribution in [3.05, 3.63) is 75.9 Å². The van der Waals surface area contributed by atoms with Crippen LogP contribution in [-0.2, 0) is 4.74 Å². The van der Waals surface area contributed by atoms with Gasteiger partial charge in [0.15, 0.2) is 23.0 Å². The number of ketones is 2. The number of phenolic OH excluding ortho intramolecular Hbond substituents is 1. The lowest BCUT2D eigenvalue weighted by molar-refractivity contribution is 0.0897. The first kappa shape index (κ1) is 19.1. The molecular weight excluding hydrogens is 388 g/mol. The normalized spacial score (nSPS) is 17.7. The first-order chi connectivity index (χ1) is 14.4. The summed E-state index contributed by atoms with van der Waals surface area (Å²) in [5.41, 5.74) is 6.70. The maximum Gasteiger partial charge on any atom is 0.229 e. The highest BCUT2D eigenvalue weighted by molar-refractivity contribution is 6.27. The average Bonchev–Trinajstić information content (AvgIpc) is 2.76. The van der Waals surface area contributed by atoms with Gasteiger partial charge in [-0.25, -0.2) is 0 Å². The van der Waals surface area contributed by atoms with E-state index in [-0.39, 0.29) is 51.2 Å². The number of allylic oxidation sites excluding steroid dienone is 3. The fourth-order valence-corrected chi connectivity index (χ4v) is 3.72. The van der Waals surface area contributed by atoms with Crippen LogP contribution in [0.1, 0.15) is 32.2 Å². The van der Waals surface area contributed by atoms with Gasteiger partial charge >= 0.3 is 0 Å². The summed E-state index contributed by atoms with van der Waals surface area (Å²) in [4.78, 5) is 26.4. The van der Waals surface area contributed by atoms with Crippen molar-refractivity contribution in [1.29, 1.82) is 5.26 Å². The van der Waals surface area contributed by atoms with Crippen molar-refractivity contribution >= 4 is 11.6 Å². The van der Waals surface area contributed by atoms with Gasteiger partial charge < -0.3 is 25.1 Å². The van der Waals surface area contributed by atoms with Crippen LogP contribution in [0.2, 0.25) is 0 Å². The molecule has 8 heteroatoms. The number of fused-ring (bicyclic) bond motifs is 1. The van der Waals surface area contributed by atoms with E-state index in [4.69, 9.17) is 19.9 Å². The minimum Gasteiger partial charge on any atom is -0.502 e. The molecule has 0 aromatic heterocycles. The predicted molar refractivity (Wildman–Crippen MR) is 104 cm³/mol. The molecule has 0 spiro atoms. The van der Waals surface area contributed by atoms with Gasteiger partial charge in [-0.1, -0.05) is 24.3 Å². The number of rotatable bonds is 3. The molecule has 0 bridgehead atoms. The molecule has 2 aromatic rings. The number of nitriles is 1. The topological polar surface area (TPSA) is 132 Å². The summed E-state index contributed by atoms with van der Waals surface area (Å²) in [7, 11) is 2.71. The first-order valence-corrected chi connectivity index (χ1v) is 8.88. The number of Topliss-reactive ketones (excluding diaryl/α,β-unsaturated/α-hetero) is 2. The lowest BCUT2D eigenvalue weighted by Crippen LogP contribution is -2.32. The van der Waals surface area contributed by atoms with E-state index in [1.807, 2.05) is 6.07 Å². The Kier molecular flexibility index (Phi) is 4.43. The second kappa shape index (κ2) is 6.97. The van der Waals surface area contributed by atoms with Crippen molar-refractivity contribution < 1.29 is 28.9 Å². The van der Waals surface area contributed by atoms with E-state index in [1.165, 1.54) is 32.4 Å². The molecule has 0 radical (unpaired) electrons. The molecule has 3 N–H and O–H groups in total. The quantitative estimate of drug-likeness (QED) is 0.798. The number of carbonyl (C=O) groups is 2. The molecule has 1 atom stereocenters. The summed E-state index contributed by atoms with van der Waals surface area (Å²) in [6.07, 6.45) is 0. The van der Waals surface area contributed by atoms with Gasteiger partial charge in [-0.2, -0.15) is 5.26 Å². The molecule has 150 valence electrons. The van der Waals surface area contributed by atoms with Gasteiger partial charge in [0.25, 0.3) is 0 Å². The van der Waals surface area contributed by atoms with E-state index >= 15 is 0 Å². The largest absolute Gasteiger partial charge is 0.502 e. The highest BCUT2D eigenvalue weighted by Gasteiger charge is 2.44. The van der Waals surface area contributed by atoms with Crippen molar-refractivity contribution in [3.63, 3.8) is 0 Å². The fraction of sp³-hybridized carbons (Fsp3) is 0.136. The van der Waals surface area contributed by atoms with Crippen LogP contribution in [0.4, 0.5) is 0 Å². The lowest BCUT2D eigenvalue weighted by atomic mass is 9.75. The number of benzene rings is 2. The summed E-state index contributed by atoms with van der Waals surface area (Å²) in [5.74, 6) is -2.53. The molecule has 1 heterocycles. The van der Waals surface area contributed by atoms with Crippen LogP contribution in [0.3, 0.4) is 0 Å². The maximum absolute atomic E-state index is 13.3. The van der Waals surface area contributed by atoms with Gasteiger partial charge in [0.05, 0.1) is 25.7 Å². The Morgan fingerprint density at radius 2 is 1.63 bits per heavy atom. The summed E-state index contributed by atoms with van der Waals surface area (Å²) < 4.78 is 15.8. The monoisotopic (exact) mass is 404 g/mol. The zero-order chi connectivity index (χ0) is 21.6. The maximum atomic E-state index is 13.3. The second-order valence-corrected chi connectivity index (χ2v) is 6.65. The van der Waals surface area contributed by atoms with E-state index in [9.17, 15) is 20.0 Å². The Labute approximate surface area is 171 Å². The standard InChI is InChI=1S/C22H16N2O6/c1-28-14-7-10(8-15(29-2)20(14)27)16-13(9-23)22(24)30-21-17(16)18(25)11-5-3-4-6-12(11)19(21)26/h3-8,16,27H,24H2,1-2H3/t16-/m0/s1. The zero-order valence-electron chi connectivity index (χ0n) is 16.1. The van der Waals surface area contributed by atoms with Crippen LogP contribution >= 0.6 is 0 Å². The molecule has 4 rings (SSSR count). The molecule has 1 aliphatic heterocycles. The second-order valence-electron chi connectivity index (χ2n) is 6.65. The van der Waals surface area contributed by atoms with Crippen LogP contribution in [0, 0.1) is 11.3 Å². The molecule has 0 fully saturated rings. The molecule has 0 amide bonds. The number of nitrogens with two attached hydrogens (primary N) is 1. The molecular formula is C22H16N2O6. The summed E-state index contributed by atoms with van der Waals surface area (Å²) in [6, 6.07) is 11.3. The third kappa shape index (κ3) is 2.60. The van der Waals surface area contributed by atoms with E-state index in [0.29, 0.717) is 5.56 Å². The number of carbonyl (C=O) groups excluding carboxylic acids is 2. The number of ether oxygens (including phenoxy) is 3. The zero-order valence-corrected chi connectivity index (χ0v) is 16.1. The van der Waals surface area contributed by atoms with Crippen LogP contribution in [0.25, 0.3) is 0 Å². The van der Waals surface area contributed by atoms with E-state index in [0.717, 1.165) is 0 Å². The molecule has 0 unspecified atom stereocenters. The Balaban J connectivity index is 2.00. The van der Waals surface area contributed by atoms with Gasteiger partial charge in [-0.15, -0.1) is 0 Å². The van der Waals surface area contributed by atoms with Crippen LogP contribution in [0.15, 0.2) is 59.2 Å². The number of hydrogen-bond donors (Lipinski definition) is 2. The van der Waals surface area contributed by atoms with Gasteiger partial charge in [0.1, 0.15) is 11.6 Å². The van der Waals surface area contributed by atoms with Crippen molar-refractivity contribution in [1.82, 2.24) is 0 Å². The van der Waals surface area contributed by atoms with Crippen LogP contribution in [-0.4, -0.2) is 30.9 Å². The highest BCUT2D eigenvalue weighted by Crippen LogP contribution is 2.47. The van der Waals surface area contributed by atoms with Gasteiger partial charge in [-0.05, 0) is 17.7 Å². The fourth-order valence-electron chi connectivity index (χ4n) is 3.72. The summed E-state index contributed by atoms with van der Waals surface area (Å²) in [6.45, 7) is 0. The van der Waals surface area contributed by atoms with Crippen molar-refractivity contribution in [2.75, 3.05) is 14.2 Å². The molecule has 2 aliphatic rings. The van der Waals surface area contributed by atoms with Crippen LogP contribution < -0.4 is 15.2 Å². The number of phenols is 1. The van der Waals surface area contributed by atoms with Crippen molar-refractivity contribution in [2.24, 2.45) is 5.73 Å². The number of nitrogens with zero attached hydrogens (tertiary/aromatic N) is 1. The molecule has 1 aliphatic carbocycles. The Morgan fingerprint density at radius 1 is 1.07 bits per heavy atom. The average molecular weight is 404 g/mol. The van der Waals surface area contributed by atoms with Crippen LogP contribution in [0.5, 0.6) is 17.2 Å².